The number of hydrogen-bond donors (Lipinski definition) is 0. The zero-order valence-electron chi connectivity index (χ0n) is 20.1. The van der Waals surface area contributed by atoms with Crippen molar-refractivity contribution in [2.75, 3.05) is 0 Å². The standard InChI is InChI=1S/C30H18Cl4N4S/c31-23-9-7-19(15-25(23)33)21-3-1-5-27(29(21)37-13-11-35-17-37)39-28-6-2-4-22(30(28)38-14-12-36-18-38)20-8-10-24(32)26(34)16-20/h1-18H. The Morgan fingerprint density at radius 2 is 1.00 bits per heavy atom. The molecule has 0 amide bonds. The number of nitrogens with zero attached hydrogens (tertiary/aromatic N) is 4. The van der Waals surface area contributed by atoms with Gasteiger partial charge in [-0.15, -0.1) is 0 Å². The fourth-order valence-electron chi connectivity index (χ4n) is 4.44. The molecule has 0 aliphatic carbocycles. The maximum Gasteiger partial charge on any atom is 0.0992 e. The number of rotatable bonds is 6. The van der Waals surface area contributed by atoms with E-state index < -0.39 is 0 Å². The second-order valence-corrected chi connectivity index (χ2v) is 11.3. The summed E-state index contributed by atoms with van der Waals surface area (Å²) in [6, 6.07) is 23.8. The molecule has 2 heterocycles. The van der Waals surface area contributed by atoms with Gasteiger partial charge in [-0.2, -0.15) is 0 Å². The lowest BCUT2D eigenvalue weighted by atomic mass is 10.0. The highest BCUT2D eigenvalue weighted by Gasteiger charge is 2.19. The van der Waals surface area contributed by atoms with Gasteiger partial charge in [-0.25, -0.2) is 9.97 Å². The van der Waals surface area contributed by atoms with Crippen molar-refractivity contribution in [1.82, 2.24) is 19.1 Å². The maximum absolute atomic E-state index is 6.40. The van der Waals surface area contributed by atoms with Gasteiger partial charge in [0.2, 0.25) is 0 Å². The van der Waals surface area contributed by atoms with E-state index in [2.05, 4.69) is 34.2 Å². The number of imidazole rings is 2. The van der Waals surface area contributed by atoms with Crippen molar-refractivity contribution in [1.29, 1.82) is 0 Å². The van der Waals surface area contributed by atoms with Crippen LogP contribution >= 0.6 is 58.2 Å². The van der Waals surface area contributed by atoms with Crippen LogP contribution in [0.25, 0.3) is 33.6 Å². The third-order valence-corrected chi connectivity index (χ3v) is 8.78. The molecule has 2 aromatic heterocycles. The first kappa shape index (κ1) is 26.1. The molecule has 0 spiro atoms. The van der Waals surface area contributed by atoms with Crippen molar-refractivity contribution >= 4 is 58.2 Å². The first-order chi connectivity index (χ1) is 19.0. The molecule has 0 unspecified atom stereocenters. The molecule has 0 radical (unpaired) electrons. The van der Waals surface area contributed by atoms with Gasteiger partial charge in [0.25, 0.3) is 0 Å². The normalized spacial score (nSPS) is 11.2. The van der Waals surface area contributed by atoms with Crippen molar-refractivity contribution in [3.05, 3.63) is 130 Å². The summed E-state index contributed by atoms with van der Waals surface area (Å²) in [6.07, 6.45) is 11.0. The predicted molar refractivity (Wildman–Crippen MR) is 162 cm³/mol. The SMILES string of the molecule is Clc1ccc(-c2cccc(Sc3cccc(-c4ccc(Cl)c(Cl)c4)c3-n3ccnc3)c2-n2ccnc2)cc1Cl. The zero-order chi connectivity index (χ0) is 26.9. The van der Waals surface area contributed by atoms with Gasteiger partial charge >= 0.3 is 0 Å². The molecule has 6 aromatic rings. The van der Waals surface area contributed by atoms with E-state index in [0.717, 1.165) is 43.4 Å². The van der Waals surface area contributed by atoms with Crippen molar-refractivity contribution < 1.29 is 0 Å². The third-order valence-electron chi connectivity index (χ3n) is 6.20. The van der Waals surface area contributed by atoms with E-state index in [9.17, 15) is 0 Å². The van der Waals surface area contributed by atoms with Gasteiger partial charge in [0.15, 0.2) is 0 Å². The minimum absolute atomic E-state index is 0.500. The van der Waals surface area contributed by atoms with E-state index >= 15 is 0 Å². The highest BCUT2D eigenvalue weighted by Crippen LogP contribution is 2.44. The lowest BCUT2D eigenvalue weighted by Gasteiger charge is -2.19. The van der Waals surface area contributed by atoms with Gasteiger partial charge < -0.3 is 9.13 Å². The Morgan fingerprint density at radius 3 is 1.38 bits per heavy atom. The molecular weight excluding hydrogens is 590 g/mol. The Bertz CT molecular complexity index is 1650. The number of hydrogen-bond acceptors (Lipinski definition) is 3. The molecule has 0 fully saturated rings. The molecule has 9 heteroatoms. The van der Waals surface area contributed by atoms with Crippen LogP contribution in [-0.4, -0.2) is 19.1 Å². The summed E-state index contributed by atoms with van der Waals surface area (Å²) in [5.41, 5.74) is 5.87. The summed E-state index contributed by atoms with van der Waals surface area (Å²) < 4.78 is 4.03. The van der Waals surface area contributed by atoms with Crippen LogP contribution in [-0.2, 0) is 0 Å². The molecule has 39 heavy (non-hydrogen) atoms. The smallest absolute Gasteiger partial charge is 0.0992 e. The van der Waals surface area contributed by atoms with Gasteiger partial charge in [-0.3, -0.25) is 0 Å². The van der Waals surface area contributed by atoms with Crippen LogP contribution in [0.2, 0.25) is 20.1 Å². The predicted octanol–water partition coefficient (Wildman–Crippen LogP) is 10.2. The third kappa shape index (κ3) is 5.21. The van der Waals surface area contributed by atoms with Gasteiger partial charge in [0, 0.05) is 45.7 Å². The molecular formula is C30H18Cl4N4S. The monoisotopic (exact) mass is 606 g/mol. The maximum atomic E-state index is 6.40. The molecule has 0 aliphatic rings. The number of halogens is 4. The minimum atomic E-state index is 0.500. The molecule has 0 N–H and O–H groups in total. The summed E-state index contributed by atoms with van der Waals surface area (Å²) >= 11 is 26.9. The Hall–Kier alpha value is -3.19. The molecule has 0 saturated heterocycles. The van der Waals surface area contributed by atoms with Crippen molar-refractivity contribution in [3.8, 4) is 33.6 Å². The zero-order valence-corrected chi connectivity index (χ0v) is 23.9. The number of aromatic nitrogens is 4. The van der Waals surface area contributed by atoms with Crippen LogP contribution < -0.4 is 0 Å². The van der Waals surface area contributed by atoms with Gasteiger partial charge in [-0.1, -0.05) is 94.6 Å². The topological polar surface area (TPSA) is 35.6 Å². The van der Waals surface area contributed by atoms with Gasteiger partial charge in [-0.05, 0) is 47.5 Å². The molecule has 0 saturated carbocycles. The number of para-hydroxylation sites is 2. The second kappa shape index (κ2) is 11.1. The quantitative estimate of drug-likeness (QED) is 0.189. The van der Waals surface area contributed by atoms with E-state index in [1.165, 1.54) is 0 Å². The lowest BCUT2D eigenvalue weighted by molar-refractivity contribution is 1.01. The summed E-state index contributed by atoms with van der Waals surface area (Å²) in [6.45, 7) is 0. The van der Waals surface area contributed by atoms with Crippen LogP contribution in [0, 0.1) is 0 Å². The van der Waals surface area contributed by atoms with E-state index in [1.807, 2.05) is 70.1 Å². The minimum Gasteiger partial charge on any atom is -0.305 e. The highest BCUT2D eigenvalue weighted by molar-refractivity contribution is 7.99. The van der Waals surface area contributed by atoms with Crippen molar-refractivity contribution in [3.63, 3.8) is 0 Å². The number of benzene rings is 4. The van der Waals surface area contributed by atoms with Gasteiger partial charge in [0.05, 0.1) is 44.1 Å². The molecule has 6 rings (SSSR count). The fraction of sp³-hybridized carbons (Fsp3) is 0. The van der Waals surface area contributed by atoms with E-state index in [-0.39, 0.29) is 0 Å². The van der Waals surface area contributed by atoms with Gasteiger partial charge in [0.1, 0.15) is 0 Å². The Balaban J connectivity index is 1.54. The van der Waals surface area contributed by atoms with Crippen LogP contribution in [0.3, 0.4) is 0 Å². The van der Waals surface area contributed by atoms with Crippen LogP contribution in [0.5, 0.6) is 0 Å². The summed E-state index contributed by atoms with van der Waals surface area (Å²) in [5, 5.41) is 2.03. The highest BCUT2D eigenvalue weighted by atomic mass is 35.5. The largest absolute Gasteiger partial charge is 0.305 e. The lowest BCUT2D eigenvalue weighted by Crippen LogP contribution is -2.00. The van der Waals surface area contributed by atoms with Crippen LogP contribution in [0.15, 0.2) is 120 Å². The Morgan fingerprint density at radius 1 is 0.538 bits per heavy atom. The molecule has 192 valence electrons. The fourth-order valence-corrected chi connectivity index (χ4v) is 6.19. The first-order valence-corrected chi connectivity index (χ1v) is 14.1. The van der Waals surface area contributed by atoms with E-state index in [4.69, 9.17) is 46.4 Å². The average molecular weight is 608 g/mol. The first-order valence-electron chi connectivity index (χ1n) is 11.8. The van der Waals surface area contributed by atoms with E-state index in [0.29, 0.717) is 20.1 Å². The summed E-state index contributed by atoms with van der Waals surface area (Å²) in [4.78, 5) is 10.7. The Labute approximate surface area is 249 Å². The molecule has 4 nitrogen and oxygen atoms in total. The van der Waals surface area contributed by atoms with Crippen LogP contribution in [0.4, 0.5) is 0 Å². The average Bonchev–Trinajstić information content (AvgIpc) is 3.67. The van der Waals surface area contributed by atoms with Crippen molar-refractivity contribution in [2.24, 2.45) is 0 Å². The molecule has 0 bridgehead atoms. The van der Waals surface area contributed by atoms with Crippen molar-refractivity contribution in [2.45, 2.75) is 9.79 Å². The Kier molecular flexibility index (Phi) is 7.43. The summed E-state index contributed by atoms with van der Waals surface area (Å²) in [7, 11) is 0. The summed E-state index contributed by atoms with van der Waals surface area (Å²) in [5.74, 6) is 0. The van der Waals surface area contributed by atoms with E-state index in [1.54, 1.807) is 36.8 Å². The van der Waals surface area contributed by atoms with Crippen LogP contribution in [0.1, 0.15) is 0 Å². The molecule has 0 atom stereocenters. The molecule has 0 aliphatic heterocycles. The second-order valence-electron chi connectivity index (χ2n) is 8.60. The molecule has 4 aromatic carbocycles.